The third kappa shape index (κ3) is 2.68. The Kier molecular flexibility index (Phi) is 4.61. The molecule has 5 nitrogen and oxygen atoms in total. The molecule has 2 N–H and O–H groups in total. The zero-order valence-electron chi connectivity index (χ0n) is 13.4. The molecule has 0 aliphatic carbocycles. The van der Waals surface area contributed by atoms with Gasteiger partial charge in [-0.05, 0) is 31.7 Å². The van der Waals surface area contributed by atoms with Gasteiger partial charge in [0.25, 0.3) is 0 Å². The topological polar surface area (TPSA) is 69.6 Å². The summed E-state index contributed by atoms with van der Waals surface area (Å²) in [5.74, 6) is -0.324. The molecule has 0 saturated carbocycles. The van der Waals surface area contributed by atoms with E-state index in [1.54, 1.807) is 0 Å². The first-order chi connectivity index (χ1) is 9.88. The van der Waals surface area contributed by atoms with Crippen LogP contribution in [0.25, 0.3) is 0 Å². The zero-order valence-corrected chi connectivity index (χ0v) is 13.4. The molecule has 2 aliphatic heterocycles. The predicted octanol–water partition coefficient (Wildman–Crippen LogP) is 1.73. The van der Waals surface area contributed by atoms with Crippen molar-refractivity contribution in [2.45, 2.75) is 46.5 Å². The highest BCUT2D eigenvalue weighted by atomic mass is 16.4. The van der Waals surface area contributed by atoms with Crippen molar-refractivity contribution in [1.29, 1.82) is 0 Å². The number of amides is 1. The van der Waals surface area contributed by atoms with Gasteiger partial charge in [0, 0.05) is 19.6 Å². The Hall–Kier alpha value is -1.10. The smallest absolute Gasteiger partial charge is 0.311 e. The number of likely N-dealkylation sites (tertiary alicyclic amines) is 1. The predicted molar refractivity (Wildman–Crippen MR) is 80.9 cm³/mol. The molecule has 2 heterocycles. The second-order valence-electron chi connectivity index (χ2n) is 7.05. The monoisotopic (exact) mass is 296 g/mol. The van der Waals surface area contributed by atoms with Gasteiger partial charge in [0.15, 0.2) is 0 Å². The largest absolute Gasteiger partial charge is 0.481 e. The number of carboxylic acids is 1. The molecule has 2 unspecified atom stereocenters. The lowest BCUT2D eigenvalue weighted by Crippen LogP contribution is -2.48. The maximum Gasteiger partial charge on any atom is 0.311 e. The highest BCUT2D eigenvalue weighted by Gasteiger charge is 2.51. The number of aliphatic carboxylic acids is 1. The molecule has 2 saturated heterocycles. The van der Waals surface area contributed by atoms with Crippen LogP contribution in [0.15, 0.2) is 0 Å². The van der Waals surface area contributed by atoms with Crippen molar-refractivity contribution in [1.82, 2.24) is 10.2 Å². The van der Waals surface area contributed by atoms with E-state index in [9.17, 15) is 14.7 Å². The van der Waals surface area contributed by atoms with E-state index in [0.29, 0.717) is 32.5 Å². The van der Waals surface area contributed by atoms with Crippen LogP contribution in [0, 0.1) is 16.7 Å². The molecule has 5 heteroatoms. The molecule has 0 bridgehead atoms. The third-order valence-corrected chi connectivity index (χ3v) is 5.54. The van der Waals surface area contributed by atoms with Gasteiger partial charge < -0.3 is 15.3 Å². The van der Waals surface area contributed by atoms with E-state index in [1.165, 1.54) is 0 Å². The number of hydrogen-bond donors (Lipinski definition) is 2. The number of nitrogens with zero attached hydrogens (tertiary/aromatic N) is 1. The van der Waals surface area contributed by atoms with Crippen LogP contribution in [0.2, 0.25) is 0 Å². The van der Waals surface area contributed by atoms with Gasteiger partial charge in [0.05, 0.1) is 10.8 Å². The van der Waals surface area contributed by atoms with Crippen LogP contribution < -0.4 is 5.32 Å². The maximum atomic E-state index is 13.0. The average molecular weight is 296 g/mol. The minimum atomic E-state index is -0.747. The summed E-state index contributed by atoms with van der Waals surface area (Å²) in [6.45, 7) is 8.74. The molecule has 2 atom stereocenters. The van der Waals surface area contributed by atoms with Gasteiger partial charge in [-0.15, -0.1) is 0 Å². The molecule has 0 spiro atoms. The number of nitrogens with one attached hydrogen (secondary N) is 1. The number of rotatable bonds is 5. The summed E-state index contributed by atoms with van der Waals surface area (Å²) in [6, 6.07) is 0. The van der Waals surface area contributed by atoms with Crippen LogP contribution in [0.1, 0.15) is 46.5 Å². The molecule has 2 aliphatic rings. The van der Waals surface area contributed by atoms with E-state index >= 15 is 0 Å². The lowest BCUT2D eigenvalue weighted by atomic mass is 9.75. The number of carbonyl (C=O) groups excluding carboxylic acids is 1. The third-order valence-electron chi connectivity index (χ3n) is 5.54. The molecule has 120 valence electrons. The van der Waals surface area contributed by atoms with Crippen molar-refractivity contribution in [3.63, 3.8) is 0 Å². The molecule has 0 radical (unpaired) electrons. The van der Waals surface area contributed by atoms with E-state index in [2.05, 4.69) is 19.2 Å². The number of hydrogen-bond acceptors (Lipinski definition) is 3. The van der Waals surface area contributed by atoms with Crippen molar-refractivity contribution in [3.05, 3.63) is 0 Å². The van der Waals surface area contributed by atoms with Gasteiger partial charge in [0.2, 0.25) is 5.91 Å². The quantitative estimate of drug-likeness (QED) is 0.810. The number of carbonyl (C=O) groups is 2. The van der Waals surface area contributed by atoms with Gasteiger partial charge in [-0.3, -0.25) is 9.59 Å². The molecule has 2 rings (SSSR count). The Labute approximate surface area is 127 Å². The van der Waals surface area contributed by atoms with E-state index in [-0.39, 0.29) is 17.2 Å². The molecular weight excluding hydrogens is 268 g/mol. The van der Waals surface area contributed by atoms with Gasteiger partial charge in [-0.2, -0.15) is 0 Å². The second-order valence-corrected chi connectivity index (χ2v) is 7.05. The second kappa shape index (κ2) is 5.95. The van der Waals surface area contributed by atoms with Crippen LogP contribution >= 0.6 is 0 Å². The van der Waals surface area contributed by atoms with Crippen LogP contribution in [-0.4, -0.2) is 48.1 Å². The lowest BCUT2D eigenvalue weighted by Gasteiger charge is -2.35. The lowest BCUT2D eigenvalue weighted by molar-refractivity contribution is -0.150. The normalized spacial score (nSPS) is 32.9. The van der Waals surface area contributed by atoms with Crippen molar-refractivity contribution >= 4 is 11.9 Å². The summed E-state index contributed by atoms with van der Waals surface area (Å²) >= 11 is 0. The van der Waals surface area contributed by atoms with Crippen LogP contribution in [-0.2, 0) is 9.59 Å². The molecule has 21 heavy (non-hydrogen) atoms. The van der Waals surface area contributed by atoms with Crippen LogP contribution in [0.3, 0.4) is 0 Å². The summed E-state index contributed by atoms with van der Waals surface area (Å²) in [7, 11) is 0. The standard InChI is InChI=1S/C16H28N2O3/c1-4-5-15(14(20)21)7-9-18(11-15)13(19)16(12(2)3)6-8-17-10-16/h12,17H,4-11H2,1-3H3,(H,20,21). The zero-order chi connectivity index (χ0) is 15.7. The van der Waals surface area contributed by atoms with Crippen molar-refractivity contribution in [2.75, 3.05) is 26.2 Å². The highest BCUT2D eigenvalue weighted by molar-refractivity contribution is 5.85. The highest BCUT2D eigenvalue weighted by Crippen LogP contribution is 2.41. The average Bonchev–Trinajstić information content (AvgIpc) is 3.06. The minimum Gasteiger partial charge on any atom is -0.481 e. The van der Waals surface area contributed by atoms with Gasteiger partial charge in [-0.1, -0.05) is 27.2 Å². The fourth-order valence-corrected chi connectivity index (χ4v) is 3.96. The summed E-state index contributed by atoms with van der Waals surface area (Å²) < 4.78 is 0. The fourth-order valence-electron chi connectivity index (χ4n) is 3.96. The van der Waals surface area contributed by atoms with Gasteiger partial charge >= 0.3 is 5.97 Å². The Morgan fingerprint density at radius 3 is 2.52 bits per heavy atom. The summed E-state index contributed by atoms with van der Waals surface area (Å²) in [5, 5.41) is 12.9. The number of carboxylic acid groups (broad SMARTS) is 1. The van der Waals surface area contributed by atoms with Crippen molar-refractivity contribution < 1.29 is 14.7 Å². The summed E-state index contributed by atoms with van der Waals surface area (Å²) in [4.78, 5) is 26.5. The summed E-state index contributed by atoms with van der Waals surface area (Å²) in [5.41, 5.74) is -1.07. The first kappa shape index (κ1) is 16.3. The van der Waals surface area contributed by atoms with Gasteiger partial charge in [-0.25, -0.2) is 0 Å². The van der Waals surface area contributed by atoms with Crippen molar-refractivity contribution in [3.8, 4) is 0 Å². The maximum absolute atomic E-state index is 13.0. The Morgan fingerprint density at radius 1 is 1.33 bits per heavy atom. The van der Waals surface area contributed by atoms with Crippen LogP contribution in [0.5, 0.6) is 0 Å². The van der Waals surface area contributed by atoms with E-state index in [1.807, 2.05) is 11.8 Å². The van der Waals surface area contributed by atoms with E-state index < -0.39 is 11.4 Å². The SMILES string of the molecule is CCCC1(C(=O)O)CCN(C(=O)C2(C(C)C)CCNC2)C1. The Morgan fingerprint density at radius 2 is 2.05 bits per heavy atom. The van der Waals surface area contributed by atoms with E-state index in [4.69, 9.17) is 0 Å². The minimum absolute atomic E-state index is 0.154. The molecule has 0 aromatic carbocycles. The molecule has 1 amide bonds. The van der Waals surface area contributed by atoms with Crippen LogP contribution in [0.4, 0.5) is 0 Å². The fraction of sp³-hybridized carbons (Fsp3) is 0.875. The Balaban J connectivity index is 2.16. The summed E-state index contributed by atoms with van der Waals surface area (Å²) in [6.07, 6.45) is 2.93. The molecular formula is C16H28N2O3. The van der Waals surface area contributed by atoms with E-state index in [0.717, 1.165) is 19.4 Å². The Bertz CT molecular complexity index is 416. The molecule has 0 aromatic heterocycles. The molecule has 2 fully saturated rings. The van der Waals surface area contributed by atoms with Crippen molar-refractivity contribution in [2.24, 2.45) is 16.7 Å². The first-order valence-corrected chi connectivity index (χ1v) is 8.11. The molecule has 0 aromatic rings. The van der Waals surface area contributed by atoms with Gasteiger partial charge in [0.1, 0.15) is 0 Å². The first-order valence-electron chi connectivity index (χ1n) is 8.11.